The van der Waals surface area contributed by atoms with Gasteiger partial charge in [-0.25, -0.2) is 4.39 Å². The van der Waals surface area contributed by atoms with E-state index in [1.54, 1.807) is 0 Å². The Morgan fingerprint density at radius 3 is 2.23 bits per heavy atom. The number of likely N-dealkylation sites (tertiary alicyclic amines) is 1. The van der Waals surface area contributed by atoms with Crippen molar-refractivity contribution in [2.45, 2.75) is 32.5 Å². The third-order valence-electron chi connectivity index (χ3n) is 6.20. The van der Waals surface area contributed by atoms with Crippen molar-refractivity contribution < 1.29 is 13.9 Å². The maximum absolute atomic E-state index is 13.1. The van der Waals surface area contributed by atoms with Gasteiger partial charge < -0.3 is 10.1 Å². The minimum atomic E-state index is -0.214. The summed E-state index contributed by atoms with van der Waals surface area (Å²) in [6, 6.07) is 15.2. The number of carbonyl (C=O) groups excluding carboxylic acids is 1. The number of carbonyl (C=O) groups is 1. The van der Waals surface area contributed by atoms with E-state index < -0.39 is 0 Å². The van der Waals surface area contributed by atoms with Crippen molar-refractivity contribution in [3.05, 3.63) is 71.0 Å². The van der Waals surface area contributed by atoms with E-state index in [0.717, 1.165) is 76.5 Å². The van der Waals surface area contributed by atoms with Gasteiger partial charge in [0.25, 0.3) is 0 Å². The molecule has 6 heteroatoms. The van der Waals surface area contributed by atoms with Gasteiger partial charge in [0.15, 0.2) is 0 Å². The van der Waals surface area contributed by atoms with Crippen LogP contribution in [0.1, 0.15) is 29.5 Å². The number of nitrogens with zero attached hydrogens (tertiary/aromatic N) is 2. The molecule has 1 amide bonds. The zero-order valence-corrected chi connectivity index (χ0v) is 18.1. The van der Waals surface area contributed by atoms with Crippen LogP contribution in [-0.4, -0.2) is 55.1 Å². The Balaban J connectivity index is 1.22. The van der Waals surface area contributed by atoms with Crippen LogP contribution < -0.4 is 5.32 Å². The summed E-state index contributed by atoms with van der Waals surface area (Å²) in [5, 5.41) is 3.12. The Bertz CT molecular complexity index is 835. The number of amides is 1. The molecular weight excluding hydrogens is 393 g/mol. The molecule has 1 N–H and O–H groups in total. The third-order valence-corrected chi connectivity index (χ3v) is 6.20. The molecule has 0 saturated carbocycles. The van der Waals surface area contributed by atoms with Crippen LogP contribution in [0, 0.1) is 11.7 Å². The Labute approximate surface area is 184 Å². The molecule has 2 aliphatic rings. The molecule has 2 heterocycles. The standard InChI is InChI=1S/C25H32FN3O2/c26-24-9-7-22(8-10-24)18-29-11-1-2-23(19-29)25(30)27-16-20-3-5-21(6-4-20)17-28-12-14-31-15-13-28/h3-10,23H,1-2,11-19H2,(H,27,30)/t23-/m0/s1. The highest BCUT2D eigenvalue weighted by atomic mass is 19.1. The van der Waals surface area contributed by atoms with Crippen molar-refractivity contribution in [1.82, 2.24) is 15.1 Å². The smallest absolute Gasteiger partial charge is 0.224 e. The van der Waals surface area contributed by atoms with Crippen LogP contribution in [0.25, 0.3) is 0 Å². The van der Waals surface area contributed by atoms with Gasteiger partial charge in [0, 0.05) is 39.3 Å². The maximum atomic E-state index is 13.1. The molecule has 0 bridgehead atoms. The molecule has 0 spiro atoms. The van der Waals surface area contributed by atoms with E-state index in [1.807, 2.05) is 12.1 Å². The lowest BCUT2D eigenvalue weighted by Crippen LogP contribution is -2.42. The first-order chi connectivity index (χ1) is 15.2. The van der Waals surface area contributed by atoms with Crippen molar-refractivity contribution in [2.24, 2.45) is 5.92 Å². The van der Waals surface area contributed by atoms with Gasteiger partial charge in [0.05, 0.1) is 19.1 Å². The van der Waals surface area contributed by atoms with E-state index in [2.05, 4.69) is 39.4 Å². The number of piperidine rings is 1. The normalized spacial score (nSPS) is 20.5. The largest absolute Gasteiger partial charge is 0.379 e. The Kier molecular flexibility index (Phi) is 7.67. The topological polar surface area (TPSA) is 44.8 Å². The van der Waals surface area contributed by atoms with E-state index in [-0.39, 0.29) is 17.6 Å². The first kappa shape index (κ1) is 21.9. The van der Waals surface area contributed by atoms with Gasteiger partial charge in [-0.15, -0.1) is 0 Å². The fraction of sp³-hybridized carbons (Fsp3) is 0.480. The number of rotatable bonds is 7. The van der Waals surface area contributed by atoms with Crippen molar-refractivity contribution in [2.75, 3.05) is 39.4 Å². The highest BCUT2D eigenvalue weighted by Crippen LogP contribution is 2.19. The third kappa shape index (κ3) is 6.60. The van der Waals surface area contributed by atoms with Gasteiger partial charge >= 0.3 is 0 Å². The van der Waals surface area contributed by atoms with Crippen molar-refractivity contribution >= 4 is 5.91 Å². The summed E-state index contributed by atoms with van der Waals surface area (Å²) in [5.41, 5.74) is 3.50. The average Bonchev–Trinajstić information content (AvgIpc) is 2.81. The average molecular weight is 426 g/mol. The number of ether oxygens (including phenoxy) is 1. The summed E-state index contributed by atoms with van der Waals surface area (Å²) in [7, 11) is 0. The highest BCUT2D eigenvalue weighted by Gasteiger charge is 2.25. The SMILES string of the molecule is O=C(NCc1ccc(CN2CCOCC2)cc1)[C@H]1CCCN(Cc2ccc(F)cc2)C1. The molecule has 4 rings (SSSR count). The van der Waals surface area contributed by atoms with Crippen LogP contribution in [0.15, 0.2) is 48.5 Å². The lowest BCUT2D eigenvalue weighted by atomic mass is 9.96. The highest BCUT2D eigenvalue weighted by molar-refractivity contribution is 5.79. The summed E-state index contributed by atoms with van der Waals surface area (Å²) in [6.07, 6.45) is 1.93. The molecule has 2 aromatic carbocycles. The molecule has 2 aromatic rings. The van der Waals surface area contributed by atoms with Crippen LogP contribution in [0.4, 0.5) is 4.39 Å². The second-order valence-corrected chi connectivity index (χ2v) is 8.62. The minimum Gasteiger partial charge on any atom is -0.379 e. The molecule has 5 nitrogen and oxygen atoms in total. The lowest BCUT2D eigenvalue weighted by molar-refractivity contribution is -0.126. The fourth-order valence-corrected chi connectivity index (χ4v) is 4.37. The number of nitrogens with one attached hydrogen (secondary N) is 1. The first-order valence-electron chi connectivity index (χ1n) is 11.3. The lowest BCUT2D eigenvalue weighted by Gasteiger charge is -2.32. The van der Waals surface area contributed by atoms with Gasteiger partial charge in [0.2, 0.25) is 5.91 Å². The van der Waals surface area contributed by atoms with E-state index >= 15 is 0 Å². The maximum Gasteiger partial charge on any atom is 0.224 e. The number of halogens is 1. The second-order valence-electron chi connectivity index (χ2n) is 8.62. The molecule has 0 radical (unpaired) electrons. The van der Waals surface area contributed by atoms with E-state index in [9.17, 15) is 9.18 Å². The Hall–Kier alpha value is -2.28. The van der Waals surface area contributed by atoms with Gasteiger partial charge in [0.1, 0.15) is 5.82 Å². The van der Waals surface area contributed by atoms with E-state index in [4.69, 9.17) is 4.74 Å². The number of hydrogen-bond donors (Lipinski definition) is 1. The molecule has 31 heavy (non-hydrogen) atoms. The molecule has 0 aliphatic carbocycles. The predicted molar refractivity (Wildman–Crippen MR) is 119 cm³/mol. The summed E-state index contributed by atoms with van der Waals surface area (Å²) >= 11 is 0. The molecule has 2 saturated heterocycles. The monoisotopic (exact) mass is 425 g/mol. The van der Waals surface area contributed by atoms with E-state index in [1.165, 1.54) is 17.7 Å². The number of benzene rings is 2. The molecule has 1 atom stereocenters. The molecule has 0 aromatic heterocycles. The van der Waals surface area contributed by atoms with Crippen LogP contribution >= 0.6 is 0 Å². The summed E-state index contributed by atoms with van der Waals surface area (Å²) in [4.78, 5) is 17.4. The predicted octanol–water partition coefficient (Wildman–Crippen LogP) is 3.19. The first-order valence-corrected chi connectivity index (χ1v) is 11.3. The van der Waals surface area contributed by atoms with Crippen LogP contribution in [0.3, 0.4) is 0 Å². The summed E-state index contributed by atoms with van der Waals surface area (Å²) in [5.74, 6) is -0.0789. The Morgan fingerprint density at radius 2 is 1.52 bits per heavy atom. The van der Waals surface area contributed by atoms with Crippen molar-refractivity contribution in [3.8, 4) is 0 Å². The van der Waals surface area contributed by atoms with E-state index in [0.29, 0.717) is 6.54 Å². The summed E-state index contributed by atoms with van der Waals surface area (Å²) < 4.78 is 18.5. The van der Waals surface area contributed by atoms with Crippen molar-refractivity contribution in [1.29, 1.82) is 0 Å². The van der Waals surface area contributed by atoms with Gasteiger partial charge in [-0.1, -0.05) is 36.4 Å². The van der Waals surface area contributed by atoms with Crippen molar-refractivity contribution in [3.63, 3.8) is 0 Å². The molecule has 166 valence electrons. The number of morpholine rings is 1. The minimum absolute atomic E-state index is 0.00907. The zero-order chi connectivity index (χ0) is 21.5. The fourth-order valence-electron chi connectivity index (χ4n) is 4.37. The van der Waals surface area contributed by atoms with Gasteiger partial charge in [-0.05, 0) is 48.2 Å². The molecule has 2 fully saturated rings. The molecule has 2 aliphatic heterocycles. The van der Waals surface area contributed by atoms with Crippen LogP contribution in [0.2, 0.25) is 0 Å². The quantitative estimate of drug-likeness (QED) is 0.740. The van der Waals surface area contributed by atoms with Crippen LogP contribution in [0.5, 0.6) is 0 Å². The van der Waals surface area contributed by atoms with Crippen LogP contribution in [-0.2, 0) is 29.2 Å². The van der Waals surface area contributed by atoms with Gasteiger partial charge in [-0.2, -0.15) is 0 Å². The summed E-state index contributed by atoms with van der Waals surface area (Å²) in [6.45, 7) is 7.59. The Morgan fingerprint density at radius 1 is 0.903 bits per heavy atom. The zero-order valence-electron chi connectivity index (χ0n) is 18.1. The molecular formula is C25H32FN3O2. The molecule has 0 unspecified atom stereocenters. The van der Waals surface area contributed by atoms with Gasteiger partial charge in [-0.3, -0.25) is 14.6 Å². The number of hydrogen-bond acceptors (Lipinski definition) is 4. The second kappa shape index (κ2) is 10.8.